The summed E-state index contributed by atoms with van der Waals surface area (Å²) < 4.78 is 31.4. The van der Waals surface area contributed by atoms with Crippen LogP contribution in [0.15, 0.2) is 95.4 Å². The first-order chi connectivity index (χ1) is 17.7. The highest BCUT2D eigenvalue weighted by Crippen LogP contribution is 2.32. The lowest BCUT2D eigenvalue weighted by molar-refractivity contribution is -0.112. The fraction of sp³-hybridized carbons (Fsp3) is 0.0357. The van der Waals surface area contributed by atoms with Crippen molar-refractivity contribution < 1.29 is 27.3 Å². The summed E-state index contributed by atoms with van der Waals surface area (Å²) in [7, 11) is -4.21. The molecule has 0 spiro atoms. The van der Waals surface area contributed by atoms with E-state index in [0.29, 0.717) is 5.39 Å². The number of carboxylic acids is 1. The molecule has 8 nitrogen and oxygen atoms in total. The average Bonchev–Trinajstić information content (AvgIpc) is 2.88. The number of nitriles is 1. The molecule has 0 heterocycles. The van der Waals surface area contributed by atoms with Crippen LogP contribution in [-0.4, -0.2) is 25.4 Å². The Kier molecular flexibility index (Phi) is 7.04. The van der Waals surface area contributed by atoms with Crippen LogP contribution in [0.2, 0.25) is 0 Å². The van der Waals surface area contributed by atoms with Crippen LogP contribution in [0, 0.1) is 18.3 Å². The van der Waals surface area contributed by atoms with E-state index in [0.717, 1.165) is 10.9 Å². The third-order valence-electron chi connectivity index (χ3n) is 5.46. The van der Waals surface area contributed by atoms with Crippen LogP contribution in [-0.2, 0) is 14.9 Å². The van der Waals surface area contributed by atoms with Crippen molar-refractivity contribution in [3.05, 3.63) is 107 Å². The van der Waals surface area contributed by atoms with Gasteiger partial charge in [-0.3, -0.25) is 4.79 Å². The van der Waals surface area contributed by atoms with Gasteiger partial charge in [-0.25, -0.2) is 4.79 Å². The van der Waals surface area contributed by atoms with E-state index < -0.39 is 22.0 Å². The van der Waals surface area contributed by atoms with Crippen molar-refractivity contribution in [1.82, 2.24) is 0 Å². The van der Waals surface area contributed by atoms with Gasteiger partial charge in [0.25, 0.3) is 5.91 Å². The minimum absolute atomic E-state index is 0.0358. The van der Waals surface area contributed by atoms with Gasteiger partial charge < -0.3 is 14.6 Å². The summed E-state index contributed by atoms with van der Waals surface area (Å²) in [6, 6.07) is 23.8. The Morgan fingerprint density at radius 2 is 1.70 bits per heavy atom. The zero-order chi connectivity index (χ0) is 26.6. The molecule has 4 aromatic carbocycles. The molecule has 0 bridgehead atoms. The molecule has 9 heteroatoms. The van der Waals surface area contributed by atoms with Crippen molar-refractivity contribution in [2.75, 3.05) is 5.32 Å². The lowest BCUT2D eigenvalue weighted by Crippen LogP contribution is -2.14. The van der Waals surface area contributed by atoms with E-state index in [2.05, 4.69) is 5.32 Å². The maximum Gasteiger partial charge on any atom is 0.339 e. The third-order valence-corrected chi connectivity index (χ3v) is 6.71. The first-order valence-corrected chi connectivity index (χ1v) is 12.4. The lowest BCUT2D eigenvalue weighted by atomic mass is 10.0. The van der Waals surface area contributed by atoms with Gasteiger partial charge in [0.05, 0.1) is 5.56 Å². The SMILES string of the molecule is Cc1ccc(S(=O)(=O)Oc2ccc3ccccc3c2/C=C(\C#N)C(=O)Nc2cccc(C(=O)O)c2)cc1. The van der Waals surface area contributed by atoms with Gasteiger partial charge in [-0.1, -0.05) is 54.1 Å². The normalized spacial score (nSPS) is 11.5. The standard InChI is InChI=1S/C28H20N2O6S/c1-18-9-12-23(13-10-18)37(34,35)36-26-14-11-19-5-2-3-8-24(19)25(26)16-21(17-29)27(31)30-22-7-4-6-20(15-22)28(32)33/h2-16H,1H3,(H,30,31)(H,32,33)/b21-16+. The number of rotatable bonds is 7. The molecule has 0 aliphatic carbocycles. The van der Waals surface area contributed by atoms with E-state index in [9.17, 15) is 28.4 Å². The van der Waals surface area contributed by atoms with E-state index in [4.69, 9.17) is 4.18 Å². The maximum atomic E-state index is 13.0. The van der Waals surface area contributed by atoms with Gasteiger partial charge >= 0.3 is 16.1 Å². The molecule has 4 rings (SSSR count). The van der Waals surface area contributed by atoms with Crippen LogP contribution >= 0.6 is 0 Å². The van der Waals surface area contributed by atoms with Gasteiger partial charge in [-0.2, -0.15) is 13.7 Å². The van der Waals surface area contributed by atoms with E-state index in [1.165, 1.54) is 48.5 Å². The Balaban J connectivity index is 1.76. The first-order valence-electron chi connectivity index (χ1n) is 11.0. The first kappa shape index (κ1) is 25.2. The summed E-state index contributed by atoms with van der Waals surface area (Å²) in [5.41, 5.74) is 0.912. The molecule has 1 amide bonds. The van der Waals surface area contributed by atoms with Crippen molar-refractivity contribution in [1.29, 1.82) is 5.26 Å². The number of aryl methyl sites for hydroxylation is 1. The highest BCUT2D eigenvalue weighted by atomic mass is 32.2. The van der Waals surface area contributed by atoms with Gasteiger partial charge in [0.15, 0.2) is 5.75 Å². The average molecular weight is 513 g/mol. The summed E-state index contributed by atoms with van der Waals surface area (Å²) >= 11 is 0. The number of carbonyl (C=O) groups excluding carboxylic acids is 1. The highest BCUT2D eigenvalue weighted by Gasteiger charge is 2.20. The summed E-state index contributed by atoms with van der Waals surface area (Å²) in [5.74, 6) is -2.03. The molecule has 37 heavy (non-hydrogen) atoms. The third kappa shape index (κ3) is 5.66. The van der Waals surface area contributed by atoms with Gasteiger partial charge in [0.1, 0.15) is 16.5 Å². The molecular formula is C28H20N2O6S. The van der Waals surface area contributed by atoms with Gasteiger partial charge in [-0.05, 0) is 60.2 Å². The minimum Gasteiger partial charge on any atom is -0.478 e. The molecule has 0 aliphatic heterocycles. The molecule has 0 atom stereocenters. The van der Waals surface area contributed by atoms with Crippen molar-refractivity contribution in [2.24, 2.45) is 0 Å². The van der Waals surface area contributed by atoms with Crippen LogP contribution in [0.25, 0.3) is 16.8 Å². The van der Waals surface area contributed by atoms with Gasteiger partial charge in [-0.15, -0.1) is 0 Å². The number of carboxylic acid groups (broad SMARTS) is 1. The number of anilines is 1. The quantitative estimate of drug-likeness (QED) is 0.198. The van der Waals surface area contributed by atoms with Crippen molar-refractivity contribution in [3.8, 4) is 11.8 Å². The number of carbonyl (C=O) groups is 2. The Morgan fingerprint density at radius 3 is 2.41 bits per heavy atom. The second-order valence-corrected chi connectivity index (χ2v) is 9.61. The molecule has 0 aliphatic rings. The number of benzene rings is 4. The number of hydrogen-bond acceptors (Lipinski definition) is 6. The molecule has 0 radical (unpaired) electrons. The Morgan fingerprint density at radius 1 is 0.973 bits per heavy atom. The number of nitrogens with one attached hydrogen (secondary N) is 1. The van der Waals surface area contributed by atoms with Crippen LogP contribution < -0.4 is 9.50 Å². The predicted octanol–water partition coefficient (Wildman–Crippen LogP) is 5.16. The summed E-state index contributed by atoms with van der Waals surface area (Å²) in [6.07, 6.45) is 1.25. The Hall–Kier alpha value is -4.94. The molecular weight excluding hydrogens is 492 g/mol. The van der Waals surface area contributed by atoms with E-state index in [-0.39, 0.29) is 33.0 Å². The summed E-state index contributed by atoms with van der Waals surface area (Å²) in [4.78, 5) is 24.1. The zero-order valence-electron chi connectivity index (χ0n) is 19.5. The molecule has 2 N–H and O–H groups in total. The predicted molar refractivity (Wildman–Crippen MR) is 139 cm³/mol. The summed E-state index contributed by atoms with van der Waals surface area (Å²) in [5, 5.41) is 22.7. The molecule has 184 valence electrons. The Labute approximate surface area is 213 Å². The number of nitrogens with zero attached hydrogens (tertiary/aromatic N) is 1. The lowest BCUT2D eigenvalue weighted by Gasteiger charge is -2.13. The smallest absolute Gasteiger partial charge is 0.339 e. The van der Waals surface area contributed by atoms with E-state index in [1.807, 2.05) is 13.0 Å². The molecule has 0 fully saturated rings. The molecule has 0 aromatic heterocycles. The van der Waals surface area contributed by atoms with Gasteiger partial charge in [0.2, 0.25) is 0 Å². The Bertz CT molecular complexity index is 1700. The van der Waals surface area contributed by atoms with Crippen molar-refractivity contribution in [3.63, 3.8) is 0 Å². The molecule has 0 saturated carbocycles. The monoisotopic (exact) mass is 512 g/mol. The van der Waals surface area contributed by atoms with E-state index >= 15 is 0 Å². The second kappa shape index (κ2) is 10.4. The number of fused-ring (bicyclic) bond motifs is 1. The molecule has 0 unspecified atom stereocenters. The number of hydrogen-bond donors (Lipinski definition) is 2. The maximum absolute atomic E-state index is 13.0. The largest absolute Gasteiger partial charge is 0.478 e. The van der Waals surface area contributed by atoms with Crippen LogP contribution in [0.5, 0.6) is 5.75 Å². The van der Waals surface area contributed by atoms with Crippen LogP contribution in [0.1, 0.15) is 21.5 Å². The van der Waals surface area contributed by atoms with Gasteiger partial charge in [0, 0.05) is 11.3 Å². The highest BCUT2D eigenvalue weighted by molar-refractivity contribution is 7.87. The van der Waals surface area contributed by atoms with Crippen LogP contribution in [0.4, 0.5) is 5.69 Å². The zero-order valence-corrected chi connectivity index (χ0v) is 20.3. The van der Waals surface area contributed by atoms with Crippen molar-refractivity contribution >= 4 is 44.5 Å². The fourth-order valence-corrected chi connectivity index (χ4v) is 4.54. The second-order valence-electron chi connectivity index (χ2n) is 8.06. The molecule has 4 aromatic rings. The number of amides is 1. The summed E-state index contributed by atoms with van der Waals surface area (Å²) in [6.45, 7) is 1.83. The fourth-order valence-electron chi connectivity index (χ4n) is 3.59. The van der Waals surface area contributed by atoms with E-state index in [1.54, 1.807) is 42.5 Å². The van der Waals surface area contributed by atoms with Crippen LogP contribution in [0.3, 0.4) is 0 Å². The minimum atomic E-state index is -4.21. The topological polar surface area (TPSA) is 134 Å². The van der Waals surface area contributed by atoms with Crippen molar-refractivity contribution in [2.45, 2.75) is 11.8 Å². The number of aromatic carboxylic acids is 1. The molecule has 0 saturated heterocycles.